The maximum absolute atomic E-state index is 12.0. The summed E-state index contributed by atoms with van der Waals surface area (Å²) in [5, 5.41) is 2.93. The fraction of sp³-hybridized carbons (Fsp3) is 0.357. The topological polar surface area (TPSA) is 55.4 Å². The second-order valence-electron chi connectivity index (χ2n) is 4.48. The van der Waals surface area contributed by atoms with E-state index in [0.29, 0.717) is 17.7 Å². The highest BCUT2D eigenvalue weighted by molar-refractivity contribution is 5.95. The van der Waals surface area contributed by atoms with E-state index in [4.69, 9.17) is 8.83 Å². The van der Waals surface area contributed by atoms with Crippen LogP contribution in [0, 0.1) is 13.8 Å². The van der Waals surface area contributed by atoms with Crippen LogP contribution in [0.5, 0.6) is 0 Å². The Morgan fingerprint density at radius 1 is 1.44 bits per heavy atom. The molecule has 96 valence electrons. The molecule has 0 spiro atoms. The van der Waals surface area contributed by atoms with Crippen LogP contribution in [0.3, 0.4) is 0 Å². The molecule has 0 aromatic carbocycles. The van der Waals surface area contributed by atoms with Crippen molar-refractivity contribution in [1.29, 1.82) is 0 Å². The normalized spacial score (nSPS) is 12.4. The predicted molar refractivity (Wildman–Crippen MR) is 67.5 cm³/mol. The van der Waals surface area contributed by atoms with Crippen LogP contribution in [-0.4, -0.2) is 11.9 Å². The first-order chi connectivity index (χ1) is 8.56. The number of aryl methyl sites for hydroxylation is 2. The van der Waals surface area contributed by atoms with Crippen molar-refractivity contribution >= 4 is 5.91 Å². The molecule has 0 aliphatic rings. The monoisotopic (exact) mass is 247 g/mol. The third-order valence-electron chi connectivity index (χ3n) is 2.75. The van der Waals surface area contributed by atoms with Gasteiger partial charge in [0.15, 0.2) is 0 Å². The summed E-state index contributed by atoms with van der Waals surface area (Å²) in [6.45, 7) is 5.57. The molecule has 1 unspecified atom stereocenters. The van der Waals surface area contributed by atoms with E-state index >= 15 is 0 Å². The van der Waals surface area contributed by atoms with E-state index in [0.717, 1.165) is 11.5 Å². The molecule has 0 aliphatic heterocycles. The van der Waals surface area contributed by atoms with Crippen LogP contribution in [0.2, 0.25) is 0 Å². The second kappa shape index (κ2) is 5.12. The SMILES string of the molecule is Cc1cc(C(=O)NC(C)Cc2ccco2)c(C)o1. The quantitative estimate of drug-likeness (QED) is 0.903. The van der Waals surface area contributed by atoms with Gasteiger partial charge in [0.25, 0.3) is 5.91 Å². The molecule has 18 heavy (non-hydrogen) atoms. The maximum atomic E-state index is 12.0. The zero-order valence-corrected chi connectivity index (χ0v) is 10.8. The number of hydrogen-bond acceptors (Lipinski definition) is 3. The van der Waals surface area contributed by atoms with E-state index in [1.807, 2.05) is 26.0 Å². The first-order valence-electron chi connectivity index (χ1n) is 5.96. The van der Waals surface area contributed by atoms with Gasteiger partial charge in [0, 0.05) is 12.5 Å². The van der Waals surface area contributed by atoms with E-state index in [1.165, 1.54) is 0 Å². The highest BCUT2D eigenvalue weighted by Gasteiger charge is 2.16. The van der Waals surface area contributed by atoms with Crippen molar-refractivity contribution in [1.82, 2.24) is 5.32 Å². The summed E-state index contributed by atoms with van der Waals surface area (Å²) >= 11 is 0. The number of amides is 1. The molecule has 0 aliphatic carbocycles. The van der Waals surface area contributed by atoms with Crippen molar-refractivity contribution in [2.45, 2.75) is 33.2 Å². The highest BCUT2D eigenvalue weighted by Crippen LogP contribution is 2.14. The van der Waals surface area contributed by atoms with Gasteiger partial charge in [-0.1, -0.05) is 0 Å². The lowest BCUT2D eigenvalue weighted by Gasteiger charge is -2.11. The summed E-state index contributed by atoms with van der Waals surface area (Å²) in [6, 6.07) is 5.51. The van der Waals surface area contributed by atoms with Crippen LogP contribution >= 0.6 is 0 Å². The molecule has 1 atom stereocenters. The molecule has 0 saturated heterocycles. The molecular weight excluding hydrogens is 230 g/mol. The first-order valence-corrected chi connectivity index (χ1v) is 5.96. The second-order valence-corrected chi connectivity index (χ2v) is 4.48. The average molecular weight is 247 g/mol. The standard InChI is InChI=1S/C14H17NO3/c1-9(7-12-5-4-6-17-12)15-14(16)13-8-10(2)18-11(13)3/h4-6,8-9H,7H2,1-3H3,(H,15,16). The minimum absolute atomic E-state index is 0.0123. The van der Waals surface area contributed by atoms with Crippen molar-refractivity contribution in [3.8, 4) is 0 Å². The van der Waals surface area contributed by atoms with Crippen LogP contribution < -0.4 is 5.32 Å². The molecule has 0 bridgehead atoms. The summed E-state index contributed by atoms with van der Waals surface area (Å²) in [5.74, 6) is 2.15. The van der Waals surface area contributed by atoms with Gasteiger partial charge in [-0.25, -0.2) is 0 Å². The van der Waals surface area contributed by atoms with Crippen LogP contribution in [0.15, 0.2) is 33.3 Å². The summed E-state index contributed by atoms with van der Waals surface area (Å²) in [5.41, 5.74) is 0.596. The number of rotatable bonds is 4. The lowest BCUT2D eigenvalue weighted by molar-refractivity contribution is 0.0938. The molecule has 0 fully saturated rings. The Kier molecular flexibility index (Phi) is 3.55. The number of hydrogen-bond donors (Lipinski definition) is 1. The zero-order chi connectivity index (χ0) is 13.1. The van der Waals surface area contributed by atoms with Gasteiger partial charge in [-0.3, -0.25) is 4.79 Å². The zero-order valence-electron chi connectivity index (χ0n) is 10.8. The minimum Gasteiger partial charge on any atom is -0.469 e. The Morgan fingerprint density at radius 3 is 2.78 bits per heavy atom. The Balaban J connectivity index is 1.97. The molecule has 4 nitrogen and oxygen atoms in total. The minimum atomic E-state index is -0.108. The number of carbonyl (C=O) groups excluding carboxylic acids is 1. The van der Waals surface area contributed by atoms with Gasteiger partial charge in [-0.05, 0) is 39.0 Å². The Labute approximate surface area is 106 Å². The lowest BCUT2D eigenvalue weighted by Crippen LogP contribution is -2.34. The fourth-order valence-electron chi connectivity index (χ4n) is 1.94. The number of nitrogens with one attached hydrogen (secondary N) is 1. The molecule has 2 aromatic rings. The Hall–Kier alpha value is -1.97. The van der Waals surface area contributed by atoms with Crippen molar-refractivity contribution < 1.29 is 13.6 Å². The van der Waals surface area contributed by atoms with Gasteiger partial charge < -0.3 is 14.2 Å². The summed E-state index contributed by atoms with van der Waals surface area (Å²) in [4.78, 5) is 12.0. The summed E-state index contributed by atoms with van der Waals surface area (Å²) in [6.07, 6.45) is 2.31. The Morgan fingerprint density at radius 2 is 2.22 bits per heavy atom. The molecule has 1 N–H and O–H groups in total. The lowest BCUT2D eigenvalue weighted by atomic mass is 10.1. The van der Waals surface area contributed by atoms with Crippen LogP contribution in [0.4, 0.5) is 0 Å². The largest absolute Gasteiger partial charge is 0.469 e. The highest BCUT2D eigenvalue weighted by atomic mass is 16.3. The van der Waals surface area contributed by atoms with Crippen molar-refractivity contribution in [2.24, 2.45) is 0 Å². The number of carbonyl (C=O) groups is 1. The van der Waals surface area contributed by atoms with Crippen molar-refractivity contribution in [3.05, 3.63) is 47.3 Å². The van der Waals surface area contributed by atoms with Gasteiger partial charge in [-0.15, -0.1) is 0 Å². The third kappa shape index (κ3) is 2.83. The summed E-state index contributed by atoms with van der Waals surface area (Å²) < 4.78 is 10.6. The summed E-state index contributed by atoms with van der Waals surface area (Å²) in [7, 11) is 0. The van der Waals surface area contributed by atoms with Gasteiger partial charge in [0.05, 0.1) is 11.8 Å². The third-order valence-corrected chi connectivity index (χ3v) is 2.75. The van der Waals surface area contributed by atoms with Crippen LogP contribution in [0.25, 0.3) is 0 Å². The smallest absolute Gasteiger partial charge is 0.255 e. The Bertz CT molecular complexity index is 525. The van der Waals surface area contributed by atoms with Gasteiger partial charge in [0.2, 0.25) is 0 Å². The van der Waals surface area contributed by atoms with E-state index in [9.17, 15) is 4.79 Å². The van der Waals surface area contributed by atoms with Crippen molar-refractivity contribution in [3.63, 3.8) is 0 Å². The predicted octanol–water partition coefficient (Wildman–Crippen LogP) is 2.85. The van der Waals surface area contributed by atoms with Crippen LogP contribution in [0.1, 0.15) is 34.6 Å². The van der Waals surface area contributed by atoms with Gasteiger partial charge in [-0.2, -0.15) is 0 Å². The molecule has 0 radical (unpaired) electrons. The molecule has 2 heterocycles. The van der Waals surface area contributed by atoms with Crippen LogP contribution in [-0.2, 0) is 6.42 Å². The van der Waals surface area contributed by atoms with E-state index < -0.39 is 0 Å². The molecule has 4 heteroatoms. The average Bonchev–Trinajstić information content (AvgIpc) is 2.88. The van der Waals surface area contributed by atoms with E-state index in [2.05, 4.69) is 5.32 Å². The fourth-order valence-corrected chi connectivity index (χ4v) is 1.94. The van der Waals surface area contributed by atoms with Gasteiger partial charge in [0.1, 0.15) is 17.3 Å². The molecule has 0 saturated carbocycles. The van der Waals surface area contributed by atoms with E-state index in [-0.39, 0.29) is 11.9 Å². The maximum Gasteiger partial charge on any atom is 0.255 e. The van der Waals surface area contributed by atoms with Gasteiger partial charge >= 0.3 is 0 Å². The number of furan rings is 2. The molecular formula is C14H17NO3. The van der Waals surface area contributed by atoms with E-state index in [1.54, 1.807) is 19.3 Å². The van der Waals surface area contributed by atoms with Crippen molar-refractivity contribution in [2.75, 3.05) is 0 Å². The first kappa shape index (κ1) is 12.5. The molecule has 2 rings (SSSR count). The molecule has 2 aromatic heterocycles. The molecule has 1 amide bonds.